The van der Waals surface area contributed by atoms with Crippen LogP contribution in [0, 0.1) is 0 Å². The number of aromatic nitrogens is 4. The predicted molar refractivity (Wildman–Crippen MR) is 148 cm³/mol. The molecular weight excluding hydrogens is 533 g/mol. The van der Waals surface area contributed by atoms with Crippen molar-refractivity contribution >= 4 is 68.3 Å². The van der Waals surface area contributed by atoms with Crippen molar-refractivity contribution in [3.8, 4) is 0 Å². The summed E-state index contributed by atoms with van der Waals surface area (Å²) >= 11 is 5.86. The molecule has 0 aliphatic rings. The summed E-state index contributed by atoms with van der Waals surface area (Å²) in [5.41, 5.74) is 1.91. The molecular formula is C24H24N6O2S4. The summed E-state index contributed by atoms with van der Waals surface area (Å²) in [6.07, 6.45) is 0. The predicted octanol–water partition coefficient (Wildman–Crippen LogP) is 5.76. The number of rotatable bonds is 11. The van der Waals surface area contributed by atoms with Crippen molar-refractivity contribution in [1.29, 1.82) is 0 Å². The van der Waals surface area contributed by atoms with Crippen LogP contribution in [0.5, 0.6) is 0 Å². The fourth-order valence-electron chi connectivity index (χ4n) is 3.11. The first-order chi connectivity index (χ1) is 17.5. The molecule has 0 spiro atoms. The van der Waals surface area contributed by atoms with E-state index in [2.05, 4.69) is 31.0 Å². The lowest BCUT2D eigenvalue weighted by molar-refractivity contribution is -0.118. The Bertz CT molecular complexity index is 1180. The maximum absolute atomic E-state index is 12.5. The second-order valence-corrected chi connectivity index (χ2v) is 12.3. The van der Waals surface area contributed by atoms with Gasteiger partial charge in [0, 0.05) is 11.5 Å². The van der Waals surface area contributed by atoms with Crippen LogP contribution in [0.2, 0.25) is 0 Å². The van der Waals surface area contributed by atoms with Crippen molar-refractivity contribution < 1.29 is 9.59 Å². The van der Waals surface area contributed by atoms with Crippen LogP contribution in [0.15, 0.2) is 69.3 Å². The number of nitrogens with zero attached hydrogens (tertiary/aromatic N) is 4. The van der Waals surface area contributed by atoms with Crippen molar-refractivity contribution in [3.05, 3.63) is 71.8 Å². The molecule has 0 unspecified atom stereocenters. The van der Waals surface area contributed by atoms with Gasteiger partial charge in [0.05, 0.1) is 11.8 Å². The first-order valence-corrected chi connectivity index (χ1v) is 14.7. The molecule has 2 aromatic heterocycles. The maximum atomic E-state index is 12.5. The average molecular weight is 557 g/mol. The molecule has 0 bridgehead atoms. The summed E-state index contributed by atoms with van der Waals surface area (Å²) < 4.78 is 1.58. The van der Waals surface area contributed by atoms with Gasteiger partial charge in [0.2, 0.25) is 22.1 Å². The highest BCUT2D eigenvalue weighted by Gasteiger charge is 2.18. The van der Waals surface area contributed by atoms with Gasteiger partial charge in [-0.05, 0) is 25.0 Å². The highest BCUT2D eigenvalue weighted by Crippen LogP contribution is 2.30. The van der Waals surface area contributed by atoms with Crippen LogP contribution >= 0.6 is 46.2 Å². The molecule has 2 aromatic carbocycles. The zero-order chi connectivity index (χ0) is 25.3. The van der Waals surface area contributed by atoms with Crippen LogP contribution in [0.3, 0.4) is 0 Å². The molecule has 2 N–H and O–H groups in total. The summed E-state index contributed by atoms with van der Waals surface area (Å²) in [7, 11) is 0. The highest BCUT2D eigenvalue weighted by atomic mass is 32.2. The third-order valence-corrected chi connectivity index (χ3v) is 9.40. The summed E-state index contributed by atoms with van der Waals surface area (Å²) in [5, 5.41) is 23.2. The Balaban J connectivity index is 1.18. The van der Waals surface area contributed by atoms with E-state index in [0.29, 0.717) is 10.3 Å². The van der Waals surface area contributed by atoms with E-state index in [4.69, 9.17) is 0 Å². The van der Waals surface area contributed by atoms with Gasteiger partial charge in [0.1, 0.15) is 0 Å². The SMILES string of the molecule is C[C@H](C(=O)Nc1nnc(SCCSc2nnc(NC(=O)[C@@H](C)c3ccccc3)s2)s1)c1ccccc1. The van der Waals surface area contributed by atoms with Gasteiger partial charge < -0.3 is 0 Å². The molecule has 0 aliphatic carbocycles. The smallest absolute Gasteiger partial charge is 0.233 e. The van der Waals surface area contributed by atoms with Crippen LogP contribution in [0.1, 0.15) is 36.8 Å². The van der Waals surface area contributed by atoms with Crippen molar-refractivity contribution in [2.75, 3.05) is 22.1 Å². The molecule has 2 heterocycles. The minimum absolute atomic E-state index is 0.109. The number of amides is 2. The molecule has 2 amide bonds. The lowest BCUT2D eigenvalue weighted by Gasteiger charge is -2.10. The summed E-state index contributed by atoms with van der Waals surface area (Å²) in [4.78, 5) is 25.0. The highest BCUT2D eigenvalue weighted by molar-refractivity contribution is 8.04. The fraction of sp³-hybridized carbons (Fsp3) is 0.250. The number of carbonyl (C=O) groups is 2. The maximum Gasteiger partial charge on any atom is 0.233 e. The van der Waals surface area contributed by atoms with E-state index in [0.717, 1.165) is 31.3 Å². The molecule has 186 valence electrons. The van der Waals surface area contributed by atoms with Crippen molar-refractivity contribution in [1.82, 2.24) is 20.4 Å². The topological polar surface area (TPSA) is 110 Å². The van der Waals surface area contributed by atoms with Crippen LogP contribution < -0.4 is 10.6 Å². The van der Waals surface area contributed by atoms with Crippen LogP contribution in [0.25, 0.3) is 0 Å². The molecule has 0 saturated carbocycles. The number of carbonyl (C=O) groups excluding carboxylic acids is 2. The summed E-state index contributed by atoms with van der Waals surface area (Å²) in [6, 6.07) is 19.3. The number of hydrogen-bond donors (Lipinski definition) is 2. The Morgan fingerprint density at radius 3 is 1.47 bits per heavy atom. The summed E-state index contributed by atoms with van der Waals surface area (Å²) in [6.45, 7) is 3.74. The van der Waals surface area contributed by atoms with Crippen LogP contribution in [0.4, 0.5) is 10.3 Å². The summed E-state index contributed by atoms with van der Waals surface area (Å²) in [5.74, 6) is 0.819. The van der Waals surface area contributed by atoms with Crippen LogP contribution in [-0.4, -0.2) is 43.7 Å². The first-order valence-electron chi connectivity index (χ1n) is 11.1. The molecule has 8 nitrogen and oxygen atoms in total. The number of benzene rings is 2. The Hall–Kier alpha value is -2.80. The zero-order valence-electron chi connectivity index (χ0n) is 19.6. The van der Waals surface area contributed by atoms with Gasteiger partial charge in [-0.15, -0.1) is 20.4 Å². The van der Waals surface area contributed by atoms with Crippen molar-refractivity contribution in [2.24, 2.45) is 0 Å². The monoisotopic (exact) mass is 556 g/mol. The molecule has 0 fully saturated rings. The van der Waals surface area contributed by atoms with E-state index in [1.165, 1.54) is 22.7 Å². The molecule has 36 heavy (non-hydrogen) atoms. The fourth-order valence-corrected chi connectivity index (χ4v) is 6.73. The Morgan fingerprint density at radius 1 is 0.694 bits per heavy atom. The van der Waals surface area contributed by atoms with Crippen molar-refractivity contribution in [3.63, 3.8) is 0 Å². The Kier molecular flexibility index (Phi) is 9.45. The average Bonchev–Trinajstić information content (AvgIpc) is 3.55. The number of hydrogen-bond acceptors (Lipinski definition) is 10. The second-order valence-electron chi connectivity index (χ2n) is 7.69. The number of nitrogens with one attached hydrogen (secondary N) is 2. The van der Waals surface area contributed by atoms with Gasteiger partial charge in [-0.3, -0.25) is 20.2 Å². The molecule has 0 saturated heterocycles. The Morgan fingerprint density at radius 2 is 1.08 bits per heavy atom. The van der Waals surface area contributed by atoms with E-state index >= 15 is 0 Å². The van der Waals surface area contributed by atoms with Gasteiger partial charge in [-0.25, -0.2) is 0 Å². The van der Waals surface area contributed by atoms with Gasteiger partial charge in [-0.2, -0.15) is 0 Å². The van der Waals surface area contributed by atoms with E-state index in [1.54, 1.807) is 23.5 Å². The molecule has 0 aliphatic heterocycles. The third-order valence-electron chi connectivity index (χ3n) is 5.19. The molecule has 4 rings (SSSR count). The quantitative estimate of drug-likeness (QED) is 0.136. The number of thioether (sulfide) groups is 2. The van der Waals surface area contributed by atoms with Gasteiger partial charge >= 0.3 is 0 Å². The standard InChI is InChI=1S/C24H24N6O2S4/c1-15(17-9-5-3-6-10-17)19(31)25-21-27-29-23(35-21)33-13-14-34-24-30-28-22(36-24)26-20(32)16(2)18-11-7-4-8-12-18/h3-12,15-16H,13-14H2,1-2H3,(H,25,27,31)(H,26,28,32)/t15-,16-/m0/s1. The van der Waals surface area contributed by atoms with Gasteiger partial charge in [0.25, 0.3) is 0 Å². The Labute approximate surface area is 225 Å². The van der Waals surface area contributed by atoms with E-state index in [1.807, 2.05) is 74.5 Å². The molecule has 4 aromatic rings. The minimum Gasteiger partial charge on any atom is -0.300 e. The lowest BCUT2D eigenvalue weighted by atomic mass is 10.0. The zero-order valence-corrected chi connectivity index (χ0v) is 22.8. The van der Waals surface area contributed by atoms with E-state index < -0.39 is 0 Å². The minimum atomic E-state index is -0.272. The van der Waals surface area contributed by atoms with Crippen molar-refractivity contribution in [2.45, 2.75) is 34.4 Å². The van der Waals surface area contributed by atoms with E-state index in [9.17, 15) is 9.59 Å². The van der Waals surface area contributed by atoms with Gasteiger partial charge in [0.15, 0.2) is 8.68 Å². The van der Waals surface area contributed by atoms with Gasteiger partial charge in [-0.1, -0.05) is 107 Å². The first kappa shape index (κ1) is 26.3. The second kappa shape index (κ2) is 12.9. The third kappa shape index (κ3) is 7.36. The molecule has 0 radical (unpaired) electrons. The number of anilines is 2. The van der Waals surface area contributed by atoms with E-state index in [-0.39, 0.29) is 23.7 Å². The normalized spacial score (nSPS) is 12.6. The lowest BCUT2D eigenvalue weighted by Crippen LogP contribution is -2.18. The largest absolute Gasteiger partial charge is 0.300 e. The molecule has 2 atom stereocenters. The van der Waals surface area contributed by atoms with Crippen LogP contribution in [-0.2, 0) is 9.59 Å². The molecule has 12 heteroatoms.